The van der Waals surface area contributed by atoms with Crippen molar-refractivity contribution < 1.29 is 0 Å². The van der Waals surface area contributed by atoms with Gasteiger partial charge in [0.05, 0.1) is 0 Å². The summed E-state index contributed by atoms with van der Waals surface area (Å²) in [5.74, 6) is 3.19. The van der Waals surface area contributed by atoms with E-state index in [9.17, 15) is 0 Å². The van der Waals surface area contributed by atoms with Crippen molar-refractivity contribution >= 4 is 29.9 Å². The fourth-order valence-corrected chi connectivity index (χ4v) is 1.66. The van der Waals surface area contributed by atoms with E-state index in [1.165, 1.54) is 6.42 Å². The number of hydrogen-bond donors (Lipinski definition) is 2. The van der Waals surface area contributed by atoms with E-state index < -0.39 is 0 Å². The zero-order valence-electron chi connectivity index (χ0n) is 14.7. The predicted molar refractivity (Wildman–Crippen MR) is 103 cm³/mol. The molecule has 0 amide bonds. The molecule has 0 radical (unpaired) electrons. The third kappa shape index (κ3) is 6.93. The second-order valence-electron chi connectivity index (χ2n) is 5.84. The third-order valence-corrected chi connectivity index (χ3v) is 3.75. The lowest BCUT2D eigenvalue weighted by Crippen LogP contribution is -2.44. The summed E-state index contributed by atoms with van der Waals surface area (Å²) in [6.07, 6.45) is 2.31. The van der Waals surface area contributed by atoms with Gasteiger partial charge in [-0.25, -0.2) is 4.99 Å². The molecular weight excluding hydrogens is 391 g/mol. The zero-order valence-corrected chi connectivity index (χ0v) is 17.0. The number of halogens is 1. The Hall–Kier alpha value is -0.860. The molecular formula is C15H31IN6. The average molecular weight is 422 g/mol. The molecule has 1 aromatic rings. The molecule has 0 aliphatic rings. The van der Waals surface area contributed by atoms with E-state index in [2.05, 4.69) is 53.5 Å². The first-order valence-electron chi connectivity index (χ1n) is 7.85. The molecule has 7 heteroatoms. The van der Waals surface area contributed by atoms with Crippen LogP contribution >= 0.6 is 24.0 Å². The van der Waals surface area contributed by atoms with Gasteiger partial charge in [-0.2, -0.15) is 0 Å². The van der Waals surface area contributed by atoms with Crippen LogP contribution in [0.3, 0.4) is 0 Å². The summed E-state index contributed by atoms with van der Waals surface area (Å²) in [6, 6.07) is 0.374. The number of nitrogens with one attached hydrogen (secondary N) is 2. The SMILES string of the molecule is CCCCNC(=NCc1nnc(C)n1C)NC(C)C(C)C.I. The zero-order chi connectivity index (χ0) is 15.8. The van der Waals surface area contributed by atoms with Gasteiger partial charge in [-0.15, -0.1) is 34.2 Å². The van der Waals surface area contributed by atoms with Crippen LogP contribution in [-0.2, 0) is 13.6 Å². The van der Waals surface area contributed by atoms with Gasteiger partial charge in [0.15, 0.2) is 11.8 Å². The Morgan fingerprint density at radius 3 is 2.45 bits per heavy atom. The Balaban J connectivity index is 0.00000441. The molecule has 2 N–H and O–H groups in total. The summed E-state index contributed by atoms with van der Waals surface area (Å²) < 4.78 is 1.97. The Morgan fingerprint density at radius 1 is 1.27 bits per heavy atom. The lowest BCUT2D eigenvalue weighted by molar-refractivity contribution is 0.479. The summed E-state index contributed by atoms with van der Waals surface area (Å²) in [5.41, 5.74) is 0. The molecule has 0 spiro atoms. The first kappa shape index (κ1) is 21.1. The van der Waals surface area contributed by atoms with Crippen LogP contribution in [0.4, 0.5) is 0 Å². The maximum absolute atomic E-state index is 4.63. The number of hydrogen-bond acceptors (Lipinski definition) is 3. The predicted octanol–water partition coefficient (Wildman–Crippen LogP) is 2.62. The van der Waals surface area contributed by atoms with Crippen molar-refractivity contribution in [2.75, 3.05) is 6.54 Å². The molecule has 1 atom stereocenters. The molecule has 0 saturated heterocycles. The van der Waals surface area contributed by atoms with Crippen molar-refractivity contribution in [1.82, 2.24) is 25.4 Å². The first-order valence-corrected chi connectivity index (χ1v) is 7.85. The van der Waals surface area contributed by atoms with Gasteiger partial charge in [-0.05, 0) is 26.2 Å². The molecule has 1 heterocycles. The molecule has 128 valence electrons. The lowest BCUT2D eigenvalue weighted by atomic mass is 10.1. The molecule has 1 unspecified atom stereocenters. The van der Waals surface area contributed by atoms with Gasteiger partial charge in [-0.3, -0.25) is 0 Å². The summed E-state index contributed by atoms with van der Waals surface area (Å²) in [4.78, 5) is 4.63. The van der Waals surface area contributed by atoms with Crippen molar-refractivity contribution in [2.24, 2.45) is 18.0 Å². The van der Waals surface area contributed by atoms with Crippen LogP contribution in [0.2, 0.25) is 0 Å². The minimum absolute atomic E-state index is 0. The van der Waals surface area contributed by atoms with Crippen LogP contribution in [-0.4, -0.2) is 33.3 Å². The maximum Gasteiger partial charge on any atom is 0.191 e. The number of nitrogens with zero attached hydrogens (tertiary/aromatic N) is 4. The molecule has 1 aromatic heterocycles. The highest BCUT2D eigenvalue weighted by Crippen LogP contribution is 2.01. The van der Waals surface area contributed by atoms with Crippen LogP contribution in [0.1, 0.15) is 52.2 Å². The molecule has 0 saturated carbocycles. The van der Waals surface area contributed by atoms with Gasteiger partial charge >= 0.3 is 0 Å². The van der Waals surface area contributed by atoms with Crippen molar-refractivity contribution in [3.05, 3.63) is 11.6 Å². The Kier molecular flexibility index (Phi) is 10.4. The normalized spacial score (nSPS) is 13.0. The summed E-state index contributed by atoms with van der Waals surface area (Å²) in [6.45, 7) is 12.2. The van der Waals surface area contributed by atoms with E-state index in [1.807, 2.05) is 18.5 Å². The van der Waals surface area contributed by atoms with Crippen LogP contribution in [0.5, 0.6) is 0 Å². The molecule has 22 heavy (non-hydrogen) atoms. The highest BCUT2D eigenvalue weighted by molar-refractivity contribution is 14.0. The van der Waals surface area contributed by atoms with Crippen molar-refractivity contribution in [1.29, 1.82) is 0 Å². The summed E-state index contributed by atoms with van der Waals surface area (Å²) in [5, 5.41) is 15.0. The van der Waals surface area contributed by atoms with Crippen LogP contribution in [0.25, 0.3) is 0 Å². The van der Waals surface area contributed by atoms with E-state index in [0.29, 0.717) is 18.5 Å². The topological polar surface area (TPSA) is 67.1 Å². The van der Waals surface area contributed by atoms with Gasteiger partial charge in [0.2, 0.25) is 0 Å². The van der Waals surface area contributed by atoms with Gasteiger partial charge < -0.3 is 15.2 Å². The monoisotopic (exact) mass is 422 g/mol. The second-order valence-corrected chi connectivity index (χ2v) is 5.84. The fraction of sp³-hybridized carbons (Fsp3) is 0.800. The number of aryl methyl sites for hydroxylation is 1. The molecule has 0 bridgehead atoms. The van der Waals surface area contributed by atoms with Crippen LogP contribution in [0, 0.1) is 12.8 Å². The van der Waals surface area contributed by atoms with Crippen molar-refractivity contribution in [3.63, 3.8) is 0 Å². The lowest BCUT2D eigenvalue weighted by Gasteiger charge is -2.21. The third-order valence-electron chi connectivity index (χ3n) is 3.75. The second kappa shape index (κ2) is 10.8. The number of rotatable bonds is 7. The fourth-order valence-electron chi connectivity index (χ4n) is 1.66. The van der Waals surface area contributed by atoms with E-state index in [0.717, 1.165) is 30.6 Å². The van der Waals surface area contributed by atoms with Gasteiger partial charge in [0.25, 0.3) is 0 Å². The minimum atomic E-state index is 0. The largest absolute Gasteiger partial charge is 0.356 e. The van der Waals surface area contributed by atoms with Crippen LogP contribution in [0.15, 0.2) is 4.99 Å². The molecule has 0 aromatic carbocycles. The van der Waals surface area contributed by atoms with Crippen molar-refractivity contribution in [2.45, 2.75) is 60.0 Å². The highest BCUT2D eigenvalue weighted by atomic mass is 127. The van der Waals surface area contributed by atoms with Gasteiger partial charge in [-0.1, -0.05) is 27.2 Å². The molecule has 0 aliphatic heterocycles. The number of aliphatic imine (C=N–C) groups is 1. The van der Waals surface area contributed by atoms with Gasteiger partial charge in [0, 0.05) is 19.6 Å². The molecule has 1 rings (SSSR count). The number of aromatic nitrogens is 3. The molecule has 0 aliphatic carbocycles. The average Bonchev–Trinajstić information content (AvgIpc) is 2.76. The van der Waals surface area contributed by atoms with E-state index >= 15 is 0 Å². The Morgan fingerprint density at radius 2 is 1.95 bits per heavy atom. The molecule has 6 nitrogen and oxygen atoms in total. The standard InChI is InChI=1S/C15H30N6.HI/c1-7-8-9-16-15(18-12(4)11(2)3)17-10-14-20-19-13(5)21(14)6;/h11-12H,7-10H2,1-6H3,(H2,16,17,18);1H. The molecule has 0 fully saturated rings. The maximum atomic E-state index is 4.63. The van der Waals surface area contributed by atoms with E-state index in [1.54, 1.807) is 0 Å². The van der Waals surface area contributed by atoms with Crippen molar-refractivity contribution in [3.8, 4) is 0 Å². The first-order chi connectivity index (χ1) is 9.95. The Labute approximate surface area is 151 Å². The van der Waals surface area contributed by atoms with Crippen LogP contribution < -0.4 is 10.6 Å². The highest BCUT2D eigenvalue weighted by Gasteiger charge is 2.10. The van der Waals surface area contributed by atoms with Gasteiger partial charge in [0.1, 0.15) is 12.4 Å². The number of guanidine groups is 1. The Bertz CT molecular complexity index is 455. The minimum Gasteiger partial charge on any atom is -0.356 e. The quantitative estimate of drug-likeness (QED) is 0.307. The number of unbranched alkanes of at least 4 members (excludes halogenated alkanes) is 1. The smallest absolute Gasteiger partial charge is 0.191 e. The van der Waals surface area contributed by atoms with E-state index in [-0.39, 0.29) is 24.0 Å². The van der Waals surface area contributed by atoms with E-state index in [4.69, 9.17) is 0 Å². The summed E-state index contributed by atoms with van der Waals surface area (Å²) in [7, 11) is 1.97. The summed E-state index contributed by atoms with van der Waals surface area (Å²) >= 11 is 0.